The van der Waals surface area contributed by atoms with Crippen molar-refractivity contribution in [3.8, 4) is 0 Å². The van der Waals surface area contributed by atoms with Crippen molar-refractivity contribution in [2.75, 3.05) is 27.2 Å². The summed E-state index contributed by atoms with van der Waals surface area (Å²) < 4.78 is 0. The van der Waals surface area contributed by atoms with E-state index in [1.54, 1.807) is 0 Å². The smallest absolute Gasteiger partial charge is 0.0339 e. The highest BCUT2D eigenvalue weighted by Crippen LogP contribution is 2.52. The molecular formula is C22H28N2. The zero-order chi connectivity index (χ0) is 16.6. The van der Waals surface area contributed by atoms with Gasteiger partial charge < -0.3 is 10.2 Å². The Balaban J connectivity index is 1.79. The quantitative estimate of drug-likeness (QED) is 0.923. The van der Waals surface area contributed by atoms with E-state index in [-0.39, 0.29) is 5.54 Å². The first kappa shape index (κ1) is 15.9. The maximum Gasteiger partial charge on any atom is 0.0339 e. The molecule has 1 N–H and O–H groups in total. The van der Waals surface area contributed by atoms with Crippen molar-refractivity contribution >= 4 is 0 Å². The average Bonchev–Trinajstić information content (AvgIpc) is 2.94. The molecule has 0 spiro atoms. The van der Waals surface area contributed by atoms with Gasteiger partial charge in [-0.2, -0.15) is 0 Å². The summed E-state index contributed by atoms with van der Waals surface area (Å²) in [4.78, 5) is 2.48. The third-order valence-corrected chi connectivity index (χ3v) is 6.47. The van der Waals surface area contributed by atoms with Crippen LogP contribution >= 0.6 is 0 Å². The number of fused-ring (bicyclic) bond motifs is 4. The van der Waals surface area contributed by atoms with Crippen LogP contribution < -0.4 is 5.32 Å². The van der Waals surface area contributed by atoms with Crippen LogP contribution in [0.1, 0.15) is 35.8 Å². The van der Waals surface area contributed by atoms with Crippen LogP contribution in [0.15, 0.2) is 60.7 Å². The summed E-state index contributed by atoms with van der Waals surface area (Å²) in [7, 11) is 4.52. The van der Waals surface area contributed by atoms with Gasteiger partial charge in [-0.25, -0.2) is 0 Å². The Labute approximate surface area is 145 Å². The number of rotatable bonds is 3. The zero-order valence-electron chi connectivity index (χ0n) is 14.8. The van der Waals surface area contributed by atoms with E-state index in [9.17, 15) is 0 Å². The first-order valence-corrected chi connectivity index (χ1v) is 9.18. The molecular weight excluding hydrogens is 292 g/mol. The molecule has 2 aromatic carbocycles. The van der Waals surface area contributed by atoms with Gasteiger partial charge in [0.25, 0.3) is 0 Å². The first-order chi connectivity index (χ1) is 11.7. The second-order valence-electron chi connectivity index (χ2n) is 7.86. The van der Waals surface area contributed by atoms with Crippen molar-refractivity contribution in [2.24, 2.45) is 5.92 Å². The maximum absolute atomic E-state index is 3.79. The fourth-order valence-corrected chi connectivity index (χ4v) is 5.04. The molecule has 2 heterocycles. The van der Waals surface area contributed by atoms with Crippen LogP contribution in [0.2, 0.25) is 0 Å². The second-order valence-corrected chi connectivity index (χ2v) is 7.86. The van der Waals surface area contributed by atoms with E-state index in [2.05, 4.69) is 85.0 Å². The Kier molecular flexibility index (Phi) is 4.19. The van der Waals surface area contributed by atoms with Crippen molar-refractivity contribution < 1.29 is 0 Å². The molecule has 2 nitrogen and oxygen atoms in total. The van der Waals surface area contributed by atoms with Gasteiger partial charge in [-0.05, 0) is 62.4 Å². The first-order valence-electron chi connectivity index (χ1n) is 9.18. The van der Waals surface area contributed by atoms with Crippen molar-refractivity contribution in [3.05, 3.63) is 71.8 Å². The normalized spacial score (nSPS) is 32.7. The average molecular weight is 320 g/mol. The standard InChI is InChI=1S/C22H28N2/c1-24(2)22-13-19(17-9-5-3-6-10-17)21(15-23-16-22)20(14-22)18-11-7-4-8-12-18/h3-12,19-21,23H,13-16H2,1-2H3. The Hall–Kier alpha value is -1.64. The van der Waals surface area contributed by atoms with E-state index in [1.165, 1.54) is 24.0 Å². The molecule has 3 fully saturated rings. The lowest BCUT2D eigenvalue weighted by molar-refractivity contribution is 0.0769. The summed E-state index contributed by atoms with van der Waals surface area (Å²) in [5, 5.41) is 3.79. The van der Waals surface area contributed by atoms with Gasteiger partial charge in [-0.1, -0.05) is 60.7 Å². The molecule has 2 saturated heterocycles. The maximum atomic E-state index is 3.79. The van der Waals surface area contributed by atoms with E-state index in [4.69, 9.17) is 0 Å². The topological polar surface area (TPSA) is 15.3 Å². The van der Waals surface area contributed by atoms with Crippen molar-refractivity contribution in [1.29, 1.82) is 0 Å². The van der Waals surface area contributed by atoms with E-state index in [0.717, 1.165) is 13.1 Å². The van der Waals surface area contributed by atoms with Crippen LogP contribution in [0.5, 0.6) is 0 Å². The van der Waals surface area contributed by atoms with E-state index in [0.29, 0.717) is 17.8 Å². The third-order valence-electron chi connectivity index (χ3n) is 6.47. The number of nitrogens with one attached hydrogen (secondary N) is 1. The molecule has 2 heteroatoms. The molecule has 2 unspecified atom stereocenters. The second kappa shape index (κ2) is 6.34. The molecule has 5 rings (SSSR count). The molecule has 0 aromatic heterocycles. The highest BCUT2D eigenvalue weighted by Gasteiger charge is 2.50. The van der Waals surface area contributed by atoms with E-state index in [1.807, 2.05) is 0 Å². The lowest BCUT2D eigenvalue weighted by atomic mass is 9.61. The predicted molar refractivity (Wildman–Crippen MR) is 100 cm³/mol. The summed E-state index contributed by atoms with van der Waals surface area (Å²) in [6.07, 6.45) is 2.51. The van der Waals surface area contributed by atoms with Crippen LogP contribution in [0.3, 0.4) is 0 Å². The fourth-order valence-electron chi connectivity index (χ4n) is 5.04. The van der Waals surface area contributed by atoms with Gasteiger partial charge in [0.15, 0.2) is 0 Å². The number of benzene rings is 2. The summed E-state index contributed by atoms with van der Waals surface area (Å²) in [6.45, 7) is 2.22. The molecule has 2 aromatic rings. The van der Waals surface area contributed by atoms with E-state index >= 15 is 0 Å². The minimum Gasteiger partial charge on any atom is -0.315 e. The van der Waals surface area contributed by atoms with Gasteiger partial charge in [-0.3, -0.25) is 0 Å². The lowest BCUT2D eigenvalue weighted by Crippen LogP contribution is -2.53. The third kappa shape index (κ3) is 2.68. The number of likely N-dealkylation sites (N-methyl/N-ethyl adjacent to an activating group) is 1. The van der Waals surface area contributed by atoms with Crippen molar-refractivity contribution in [1.82, 2.24) is 10.2 Å². The molecule has 1 saturated carbocycles. The largest absolute Gasteiger partial charge is 0.315 e. The molecule has 24 heavy (non-hydrogen) atoms. The molecule has 2 atom stereocenters. The molecule has 2 aliphatic heterocycles. The van der Waals surface area contributed by atoms with Gasteiger partial charge in [0.2, 0.25) is 0 Å². The summed E-state index contributed by atoms with van der Waals surface area (Å²) >= 11 is 0. The summed E-state index contributed by atoms with van der Waals surface area (Å²) in [5.41, 5.74) is 3.27. The summed E-state index contributed by atoms with van der Waals surface area (Å²) in [5.74, 6) is 1.93. The highest BCUT2D eigenvalue weighted by atomic mass is 15.2. The number of nitrogens with zero attached hydrogens (tertiary/aromatic N) is 1. The molecule has 2 bridgehead atoms. The van der Waals surface area contributed by atoms with Crippen LogP contribution in [0.4, 0.5) is 0 Å². The van der Waals surface area contributed by atoms with Crippen LogP contribution in [0.25, 0.3) is 0 Å². The Bertz CT molecular complexity index is 615. The van der Waals surface area contributed by atoms with Gasteiger partial charge in [0, 0.05) is 12.1 Å². The molecule has 3 aliphatic rings. The summed E-state index contributed by atoms with van der Waals surface area (Å²) in [6, 6.07) is 22.4. The number of hydrogen-bond donors (Lipinski definition) is 1. The minimum absolute atomic E-state index is 0.244. The number of hydrogen-bond acceptors (Lipinski definition) is 2. The Morgan fingerprint density at radius 1 is 0.833 bits per heavy atom. The van der Waals surface area contributed by atoms with Crippen molar-refractivity contribution in [2.45, 2.75) is 30.2 Å². The van der Waals surface area contributed by atoms with Gasteiger partial charge >= 0.3 is 0 Å². The monoisotopic (exact) mass is 320 g/mol. The van der Waals surface area contributed by atoms with Crippen LogP contribution in [-0.4, -0.2) is 37.6 Å². The highest BCUT2D eigenvalue weighted by molar-refractivity contribution is 5.30. The Morgan fingerprint density at radius 3 is 1.79 bits per heavy atom. The Morgan fingerprint density at radius 2 is 1.33 bits per heavy atom. The molecule has 0 amide bonds. The van der Waals surface area contributed by atoms with E-state index < -0.39 is 0 Å². The fraction of sp³-hybridized carbons (Fsp3) is 0.455. The molecule has 126 valence electrons. The minimum atomic E-state index is 0.244. The predicted octanol–water partition coefficient (Wildman–Crippen LogP) is 3.87. The molecule has 1 aliphatic carbocycles. The van der Waals surface area contributed by atoms with Crippen molar-refractivity contribution in [3.63, 3.8) is 0 Å². The lowest BCUT2D eigenvalue weighted by Gasteiger charge is -2.49. The SMILES string of the molecule is CN(C)C12CNCC(C(c3ccccc3)C1)C(c1ccccc1)C2. The van der Waals surface area contributed by atoms with Gasteiger partial charge in [0.05, 0.1) is 0 Å². The van der Waals surface area contributed by atoms with Crippen LogP contribution in [0, 0.1) is 5.92 Å². The van der Waals surface area contributed by atoms with Gasteiger partial charge in [-0.15, -0.1) is 0 Å². The van der Waals surface area contributed by atoms with Crippen LogP contribution in [-0.2, 0) is 0 Å². The molecule has 0 radical (unpaired) electrons. The zero-order valence-corrected chi connectivity index (χ0v) is 14.8. The van der Waals surface area contributed by atoms with Gasteiger partial charge in [0.1, 0.15) is 0 Å².